The lowest BCUT2D eigenvalue weighted by atomic mass is 10.1. The molecule has 1 atom stereocenters. The van der Waals surface area contributed by atoms with Crippen molar-refractivity contribution in [2.24, 2.45) is 0 Å². The molecule has 2 aromatic carbocycles. The first-order valence-electron chi connectivity index (χ1n) is 6.64. The van der Waals surface area contributed by atoms with Gasteiger partial charge in [-0.1, -0.05) is 12.1 Å². The van der Waals surface area contributed by atoms with Gasteiger partial charge in [0.1, 0.15) is 18.2 Å². The lowest BCUT2D eigenvalue weighted by Crippen LogP contribution is -2.01. The number of aliphatic hydroxyl groups excluding tert-OH is 1. The summed E-state index contributed by atoms with van der Waals surface area (Å²) in [6.45, 7) is 5.92. The first-order chi connectivity index (χ1) is 9.47. The Balaban J connectivity index is 2.13. The van der Waals surface area contributed by atoms with Crippen LogP contribution in [0.2, 0.25) is 0 Å². The monoisotopic (exact) mass is 274 g/mol. The first-order valence-corrected chi connectivity index (χ1v) is 6.64. The zero-order valence-corrected chi connectivity index (χ0v) is 12.0. The molecule has 1 N–H and O–H groups in total. The smallest absolute Gasteiger partial charge is 0.123 e. The predicted molar refractivity (Wildman–Crippen MR) is 77.3 cm³/mol. The van der Waals surface area contributed by atoms with E-state index < -0.39 is 6.10 Å². The van der Waals surface area contributed by atoms with Gasteiger partial charge in [0.15, 0.2) is 0 Å². The summed E-state index contributed by atoms with van der Waals surface area (Å²) >= 11 is 0. The van der Waals surface area contributed by atoms with Gasteiger partial charge in [0.2, 0.25) is 0 Å². The second kappa shape index (κ2) is 6.06. The quantitative estimate of drug-likeness (QED) is 0.910. The molecule has 0 aliphatic heterocycles. The maximum Gasteiger partial charge on any atom is 0.123 e. The molecule has 0 heterocycles. The zero-order chi connectivity index (χ0) is 14.7. The third kappa shape index (κ3) is 3.36. The summed E-state index contributed by atoms with van der Waals surface area (Å²) in [6, 6.07) is 10.3. The van der Waals surface area contributed by atoms with Crippen molar-refractivity contribution in [3.05, 3.63) is 64.5 Å². The lowest BCUT2D eigenvalue weighted by Gasteiger charge is -2.13. The van der Waals surface area contributed by atoms with Crippen molar-refractivity contribution >= 4 is 0 Å². The molecule has 0 saturated carbocycles. The zero-order valence-electron chi connectivity index (χ0n) is 12.0. The van der Waals surface area contributed by atoms with Crippen molar-refractivity contribution in [2.45, 2.75) is 33.5 Å². The number of rotatable bonds is 4. The van der Waals surface area contributed by atoms with Crippen LogP contribution < -0.4 is 4.74 Å². The minimum Gasteiger partial charge on any atom is -0.489 e. The average Bonchev–Trinajstić information content (AvgIpc) is 2.40. The molecule has 3 heteroatoms. The Morgan fingerprint density at radius 1 is 1.10 bits per heavy atom. The average molecular weight is 274 g/mol. The molecule has 2 aromatic rings. The Labute approximate surface area is 118 Å². The van der Waals surface area contributed by atoms with Gasteiger partial charge < -0.3 is 9.84 Å². The highest BCUT2D eigenvalue weighted by molar-refractivity contribution is 5.37. The highest BCUT2D eigenvalue weighted by atomic mass is 19.1. The maximum atomic E-state index is 13.2. The molecule has 0 aromatic heterocycles. The number of aliphatic hydroxyl groups is 1. The molecule has 0 spiro atoms. The Hall–Kier alpha value is -1.87. The van der Waals surface area contributed by atoms with Crippen LogP contribution in [0.4, 0.5) is 4.39 Å². The molecule has 0 aliphatic carbocycles. The molecule has 20 heavy (non-hydrogen) atoms. The summed E-state index contributed by atoms with van der Waals surface area (Å²) in [4.78, 5) is 0. The van der Waals surface area contributed by atoms with E-state index in [0.29, 0.717) is 6.61 Å². The molecule has 0 radical (unpaired) electrons. The van der Waals surface area contributed by atoms with Crippen molar-refractivity contribution in [1.29, 1.82) is 0 Å². The van der Waals surface area contributed by atoms with Crippen LogP contribution in [-0.2, 0) is 6.61 Å². The number of hydrogen-bond acceptors (Lipinski definition) is 2. The highest BCUT2D eigenvalue weighted by Crippen LogP contribution is 2.24. The van der Waals surface area contributed by atoms with Gasteiger partial charge in [-0.15, -0.1) is 0 Å². The van der Waals surface area contributed by atoms with Crippen molar-refractivity contribution in [3.63, 3.8) is 0 Å². The van der Waals surface area contributed by atoms with Gasteiger partial charge in [-0.05, 0) is 67.3 Å². The summed E-state index contributed by atoms with van der Waals surface area (Å²) in [5.41, 5.74) is 3.66. The fourth-order valence-corrected chi connectivity index (χ4v) is 2.05. The van der Waals surface area contributed by atoms with E-state index in [1.165, 1.54) is 12.1 Å². The van der Waals surface area contributed by atoms with Gasteiger partial charge in [0, 0.05) is 0 Å². The van der Waals surface area contributed by atoms with Crippen LogP contribution in [0.25, 0.3) is 0 Å². The van der Waals surface area contributed by atoms with E-state index in [1.54, 1.807) is 13.0 Å². The van der Waals surface area contributed by atoms with Crippen LogP contribution >= 0.6 is 0 Å². The van der Waals surface area contributed by atoms with Gasteiger partial charge in [-0.2, -0.15) is 0 Å². The number of benzene rings is 2. The molecule has 0 fully saturated rings. The van der Waals surface area contributed by atoms with Crippen LogP contribution in [0.3, 0.4) is 0 Å². The van der Waals surface area contributed by atoms with Gasteiger partial charge in [-0.3, -0.25) is 0 Å². The molecule has 2 rings (SSSR count). The molecular formula is C17H19FO2. The standard InChI is InChI=1S/C17H19FO2/c1-11-4-6-16(18)9-15(11)10-20-17-7-5-14(13(3)19)8-12(17)2/h4-9,13,19H,10H2,1-3H3. The van der Waals surface area contributed by atoms with E-state index >= 15 is 0 Å². The minimum absolute atomic E-state index is 0.254. The fourth-order valence-electron chi connectivity index (χ4n) is 2.05. The summed E-state index contributed by atoms with van der Waals surface area (Å²) < 4.78 is 19.0. The highest BCUT2D eigenvalue weighted by Gasteiger charge is 2.07. The Morgan fingerprint density at radius 2 is 1.85 bits per heavy atom. The third-order valence-electron chi connectivity index (χ3n) is 3.38. The van der Waals surface area contributed by atoms with Gasteiger partial charge in [0.05, 0.1) is 6.10 Å². The molecular weight excluding hydrogens is 255 g/mol. The fraction of sp³-hybridized carbons (Fsp3) is 0.294. The molecule has 0 bridgehead atoms. The second-order valence-electron chi connectivity index (χ2n) is 5.06. The summed E-state index contributed by atoms with van der Waals surface area (Å²) in [6.07, 6.45) is -0.492. The van der Waals surface area contributed by atoms with Crippen molar-refractivity contribution in [1.82, 2.24) is 0 Å². The number of halogens is 1. The first kappa shape index (κ1) is 14.5. The number of aryl methyl sites for hydroxylation is 2. The van der Waals surface area contributed by atoms with Crippen LogP contribution in [0.5, 0.6) is 5.75 Å². The van der Waals surface area contributed by atoms with E-state index in [2.05, 4.69) is 0 Å². The topological polar surface area (TPSA) is 29.5 Å². The second-order valence-corrected chi connectivity index (χ2v) is 5.06. The summed E-state index contributed by atoms with van der Waals surface area (Å²) in [7, 11) is 0. The third-order valence-corrected chi connectivity index (χ3v) is 3.38. The number of ether oxygens (including phenoxy) is 1. The summed E-state index contributed by atoms with van der Waals surface area (Å²) in [5.74, 6) is 0.494. The Bertz CT molecular complexity index is 606. The van der Waals surface area contributed by atoms with Gasteiger partial charge >= 0.3 is 0 Å². The van der Waals surface area contributed by atoms with Crippen LogP contribution in [0, 0.1) is 19.7 Å². The van der Waals surface area contributed by atoms with Crippen molar-refractivity contribution in [3.8, 4) is 5.75 Å². The molecule has 0 aliphatic rings. The van der Waals surface area contributed by atoms with Crippen molar-refractivity contribution in [2.75, 3.05) is 0 Å². The predicted octanol–water partition coefficient (Wildman–Crippen LogP) is 4.07. The van der Waals surface area contributed by atoms with Gasteiger partial charge in [-0.25, -0.2) is 4.39 Å². The molecule has 0 amide bonds. The SMILES string of the molecule is Cc1ccc(F)cc1COc1ccc(C(C)O)cc1C. The number of hydrogen-bond donors (Lipinski definition) is 1. The van der Waals surface area contributed by atoms with E-state index in [9.17, 15) is 9.50 Å². The van der Waals surface area contributed by atoms with Gasteiger partial charge in [0.25, 0.3) is 0 Å². The molecule has 106 valence electrons. The van der Waals surface area contributed by atoms with E-state index in [0.717, 1.165) is 28.0 Å². The lowest BCUT2D eigenvalue weighted by molar-refractivity contribution is 0.199. The Kier molecular flexibility index (Phi) is 4.40. The molecule has 0 saturated heterocycles. The van der Waals surface area contributed by atoms with Crippen LogP contribution in [0.1, 0.15) is 35.3 Å². The van der Waals surface area contributed by atoms with E-state index in [-0.39, 0.29) is 5.82 Å². The normalized spacial score (nSPS) is 12.2. The van der Waals surface area contributed by atoms with Crippen LogP contribution in [-0.4, -0.2) is 5.11 Å². The molecule has 1 unspecified atom stereocenters. The minimum atomic E-state index is -0.492. The largest absolute Gasteiger partial charge is 0.489 e. The van der Waals surface area contributed by atoms with Crippen molar-refractivity contribution < 1.29 is 14.2 Å². The summed E-state index contributed by atoms with van der Waals surface area (Å²) in [5, 5.41) is 9.53. The van der Waals surface area contributed by atoms with E-state index in [4.69, 9.17) is 4.74 Å². The molecule has 2 nitrogen and oxygen atoms in total. The van der Waals surface area contributed by atoms with Crippen LogP contribution in [0.15, 0.2) is 36.4 Å². The van der Waals surface area contributed by atoms with E-state index in [1.807, 2.05) is 32.0 Å². The Morgan fingerprint density at radius 3 is 2.50 bits per heavy atom. The maximum absolute atomic E-state index is 13.2.